The molecule has 1 aromatic rings. The van der Waals surface area contributed by atoms with Gasteiger partial charge in [-0.05, 0) is 43.4 Å². The number of amides is 1. The van der Waals surface area contributed by atoms with Gasteiger partial charge in [-0.15, -0.1) is 0 Å². The number of rotatable bonds is 7. The summed E-state index contributed by atoms with van der Waals surface area (Å²) in [4.78, 5) is 25.8. The summed E-state index contributed by atoms with van der Waals surface area (Å²) in [7, 11) is 1.64. The van der Waals surface area contributed by atoms with E-state index in [-0.39, 0.29) is 17.7 Å². The molecule has 5 nitrogen and oxygen atoms in total. The predicted octanol–water partition coefficient (Wildman–Crippen LogP) is 2.97. The van der Waals surface area contributed by atoms with E-state index in [0.717, 1.165) is 10.0 Å². The molecular weight excluding hydrogens is 374 g/mol. The minimum absolute atomic E-state index is 0.107. The number of carbonyl (C=O) groups excluding carboxylic acids is 1. The third kappa shape index (κ3) is 5.31. The number of halogens is 1. The van der Waals surface area contributed by atoms with Crippen molar-refractivity contribution in [1.82, 2.24) is 4.90 Å². The Bertz CT molecular complexity index is 570. The normalized spacial score (nSPS) is 16.8. The smallest absolute Gasteiger partial charge is 0.306 e. The molecule has 132 valence electrons. The molecule has 1 aliphatic rings. The van der Waals surface area contributed by atoms with Gasteiger partial charge in [-0.1, -0.05) is 28.1 Å². The summed E-state index contributed by atoms with van der Waals surface area (Å²) < 4.78 is 6.16. The number of hydrogen-bond acceptors (Lipinski definition) is 3. The molecule has 1 aromatic carbocycles. The molecule has 1 saturated heterocycles. The molecule has 0 aromatic heterocycles. The standard InChI is InChI=1S/C18H24BrNO4/c1-24-10-7-15(11-13-3-2-4-16(19)12-13)17(21)20-8-5-14(6-9-20)18(22)23/h2-4,12,14-15H,5-11H2,1H3,(H,22,23). The van der Waals surface area contributed by atoms with Crippen molar-refractivity contribution in [2.24, 2.45) is 11.8 Å². The highest BCUT2D eigenvalue weighted by atomic mass is 79.9. The van der Waals surface area contributed by atoms with Crippen LogP contribution in [-0.2, 0) is 20.7 Å². The fourth-order valence-corrected chi connectivity index (χ4v) is 3.57. The quantitative estimate of drug-likeness (QED) is 0.767. The van der Waals surface area contributed by atoms with Crippen molar-refractivity contribution >= 4 is 27.8 Å². The second-order valence-electron chi connectivity index (χ2n) is 6.25. The average molecular weight is 398 g/mol. The lowest BCUT2D eigenvalue weighted by molar-refractivity contribution is -0.146. The highest BCUT2D eigenvalue weighted by Crippen LogP contribution is 2.23. The van der Waals surface area contributed by atoms with Gasteiger partial charge >= 0.3 is 5.97 Å². The van der Waals surface area contributed by atoms with Crippen LogP contribution in [0.15, 0.2) is 28.7 Å². The van der Waals surface area contributed by atoms with Crippen LogP contribution < -0.4 is 0 Å². The number of carboxylic acid groups (broad SMARTS) is 1. The van der Waals surface area contributed by atoms with Crippen LogP contribution in [0, 0.1) is 11.8 Å². The highest BCUT2D eigenvalue weighted by molar-refractivity contribution is 9.10. The molecule has 24 heavy (non-hydrogen) atoms. The van der Waals surface area contributed by atoms with E-state index in [4.69, 9.17) is 9.84 Å². The first kappa shape index (κ1) is 18.9. The molecule has 0 spiro atoms. The Morgan fingerprint density at radius 2 is 2.08 bits per heavy atom. The third-order valence-electron chi connectivity index (χ3n) is 4.55. The van der Waals surface area contributed by atoms with Gasteiger partial charge in [0.25, 0.3) is 0 Å². The van der Waals surface area contributed by atoms with Gasteiger partial charge in [0.1, 0.15) is 0 Å². The summed E-state index contributed by atoms with van der Waals surface area (Å²) in [5.41, 5.74) is 1.11. The zero-order valence-electron chi connectivity index (χ0n) is 13.9. The van der Waals surface area contributed by atoms with Gasteiger partial charge in [-0.3, -0.25) is 9.59 Å². The van der Waals surface area contributed by atoms with E-state index in [1.54, 1.807) is 7.11 Å². The summed E-state index contributed by atoms with van der Waals surface area (Å²) in [6.45, 7) is 1.59. The van der Waals surface area contributed by atoms with Crippen LogP contribution in [0.4, 0.5) is 0 Å². The van der Waals surface area contributed by atoms with Crippen LogP contribution in [0.1, 0.15) is 24.8 Å². The molecule has 6 heteroatoms. The first-order valence-corrected chi connectivity index (χ1v) is 9.05. The topological polar surface area (TPSA) is 66.8 Å². The highest BCUT2D eigenvalue weighted by Gasteiger charge is 2.30. The Labute approximate surface area is 151 Å². The zero-order chi connectivity index (χ0) is 17.5. The number of nitrogens with zero attached hydrogens (tertiary/aromatic N) is 1. The van der Waals surface area contributed by atoms with Crippen molar-refractivity contribution in [2.75, 3.05) is 26.8 Å². The number of ether oxygens (including phenoxy) is 1. The van der Waals surface area contributed by atoms with E-state index >= 15 is 0 Å². The minimum Gasteiger partial charge on any atom is -0.481 e. The molecule has 1 fully saturated rings. The zero-order valence-corrected chi connectivity index (χ0v) is 15.5. The monoisotopic (exact) mass is 397 g/mol. The van der Waals surface area contributed by atoms with Gasteiger partial charge in [-0.2, -0.15) is 0 Å². The van der Waals surface area contributed by atoms with E-state index in [0.29, 0.717) is 45.4 Å². The van der Waals surface area contributed by atoms with Gasteiger partial charge in [-0.25, -0.2) is 0 Å². The number of methoxy groups -OCH3 is 1. The lowest BCUT2D eigenvalue weighted by Gasteiger charge is -2.33. The number of aliphatic carboxylic acids is 1. The summed E-state index contributed by atoms with van der Waals surface area (Å²) in [6.07, 6.45) is 2.41. The summed E-state index contributed by atoms with van der Waals surface area (Å²) >= 11 is 3.46. The van der Waals surface area contributed by atoms with Crippen molar-refractivity contribution in [1.29, 1.82) is 0 Å². The fourth-order valence-electron chi connectivity index (χ4n) is 3.13. The van der Waals surface area contributed by atoms with Gasteiger partial charge in [0.2, 0.25) is 5.91 Å². The van der Waals surface area contributed by atoms with Crippen molar-refractivity contribution < 1.29 is 19.4 Å². The maximum Gasteiger partial charge on any atom is 0.306 e. The molecule has 1 aliphatic heterocycles. The second kappa shape index (κ2) is 9.18. The van der Waals surface area contributed by atoms with Gasteiger partial charge in [0.05, 0.1) is 5.92 Å². The van der Waals surface area contributed by atoms with Crippen molar-refractivity contribution in [3.63, 3.8) is 0 Å². The maximum atomic E-state index is 12.9. The van der Waals surface area contributed by atoms with Gasteiger partial charge in [0, 0.05) is 37.2 Å². The first-order valence-electron chi connectivity index (χ1n) is 8.26. The number of carbonyl (C=O) groups is 2. The summed E-state index contributed by atoms with van der Waals surface area (Å²) in [5.74, 6) is -1.11. The molecule has 1 N–H and O–H groups in total. The minimum atomic E-state index is -0.757. The largest absolute Gasteiger partial charge is 0.481 e. The van der Waals surface area contributed by atoms with E-state index in [1.165, 1.54) is 0 Å². The molecule has 0 bridgehead atoms. The Morgan fingerprint density at radius 1 is 1.38 bits per heavy atom. The number of hydrogen-bond donors (Lipinski definition) is 1. The molecule has 1 heterocycles. The number of likely N-dealkylation sites (tertiary alicyclic amines) is 1. The first-order chi connectivity index (χ1) is 11.5. The lowest BCUT2D eigenvalue weighted by Crippen LogP contribution is -2.43. The SMILES string of the molecule is COCCC(Cc1cccc(Br)c1)C(=O)N1CCC(C(=O)O)CC1. The lowest BCUT2D eigenvalue weighted by atomic mass is 9.92. The maximum absolute atomic E-state index is 12.9. The molecule has 0 aliphatic carbocycles. The summed E-state index contributed by atoms with van der Waals surface area (Å²) in [6, 6.07) is 7.99. The molecule has 0 saturated carbocycles. The molecule has 1 unspecified atom stereocenters. The van der Waals surface area contributed by atoms with E-state index in [1.807, 2.05) is 29.2 Å². The van der Waals surface area contributed by atoms with Crippen LogP contribution >= 0.6 is 15.9 Å². The van der Waals surface area contributed by atoms with Crippen LogP contribution in [0.25, 0.3) is 0 Å². The van der Waals surface area contributed by atoms with Crippen LogP contribution in [0.2, 0.25) is 0 Å². The molecule has 1 amide bonds. The number of carboxylic acids is 1. The van der Waals surface area contributed by atoms with Crippen molar-refractivity contribution in [3.8, 4) is 0 Å². The predicted molar refractivity (Wildman–Crippen MR) is 94.8 cm³/mol. The van der Waals surface area contributed by atoms with Gasteiger partial charge in [0.15, 0.2) is 0 Å². The summed E-state index contributed by atoms with van der Waals surface area (Å²) in [5, 5.41) is 9.08. The van der Waals surface area contributed by atoms with E-state index in [9.17, 15) is 9.59 Å². The fraction of sp³-hybridized carbons (Fsp3) is 0.556. The number of piperidine rings is 1. The van der Waals surface area contributed by atoms with E-state index < -0.39 is 5.97 Å². The van der Waals surface area contributed by atoms with Crippen LogP contribution in [-0.4, -0.2) is 48.7 Å². The van der Waals surface area contributed by atoms with E-state index in [2.05, 4.69) is 15.9 Å². The molecule has 1 atom stereocenters. The van der Waals surface area contributed by atoms with Crippen molar-refractivity contribution in [3.05, 3.63) is 34.3 Å². The van der Waals surface area contributed by atoms with Crippen LogP contribution in [0.5, 0.6) is 0 Å². The Kier molecular flexibility index (Phi) is 7.24. The Balaban J connectivity index is 2.01. The molecule has 0 radical (unpaired) electrons. The third-order valence-corrected chi connectivity index (χ3v) is 5.04. The van der Waals surface area contributed by atoms with Crippen LogP contribution in [0.3, 0.4) is 0 Å². The molecular formula is C18H24BrNO4. The average Bonchev–Trinajstić information content (AvgIpc) is 2.58. The molecule has 2 rings (SSSR count). The van der Waals surface area contributed by atoms with Crippen molar-refractivity contribution in [2.45, 2.75) is 25.7 Å². The Morgan fingerprint density at radius 3 is 2.67 bits per heavy atom. The number of benzene rings is 1. The second-order valence-corrected chi connectivity index (χ2v) is 7.17. The Hall–Kier alpha value is -1.40. The van der Waals surface area contributed by atoms with Gasteiger partial charge < -0.3 is 14.7 Å².